The fourth-order valence-corrected chi connectivity index (χ4v) is 3.50. The van der Waals surface area contributed by atoms with Crippen molar-refractivity contribution in [3.63, 3.8) is 0 Å². The number of fused-ring (bicyclic) bond motifs is 1. The van der Waals surface area contributed by atoms with Crippen LogP contribution in [-0.4, -0.2) is 40.5 Å². The number of carbonyl (C=O) groups is 1. The van der Waals surface area contributed by atoms with Crippen LogP contribution in [0, 0.1) is 0 Å². The first-order chi connectivity index (χ1) is 9.96. The first-order valence-electron chi connectivity index (χ1n) is 7.22. The second kappa shape index (κ2) is 6.55. The Morgan fingerprint density at radius 1 is 1.29 bits per heavy atom. The highest BCUT2D eigenvalue weighted by atomic mass is 32.2. The Morgan fingerprint density at radius 2 is 2.00 bits per heavy atom. The maximum absolute atomic E-state index is 12.2. The van der Waals surface area contributed by atoms with Gasteiger partial charge in [-0.15, -0.1) is 0 Å². The molecule has 1 aromatic rings. The highest BCUT2D eigenvalue weighted by molar-refractivity contribution is 7.89. The number of benzene rings is 1. The summed E-state index contributed by atoms with van der Waals surface area (Å²) in [6, 6.07) is 4.74. The Hall–Kier alpha value is -1.44. The third kappa shape index (κ3) is 3.81. The van der Waals surface area contributed by atoms with Crippen LogP contribution in [0.25, 0.3) is 0 Å². The molecule has 0 aromatic heterocycles. The number of likely N-dealkylation sites (N-methyl/N-ethyl adjacent to an activating group) is 1. The molecule has 3 N–H and O–H groups in total. The summed E-state index contributed by atoms with van der Waals surface area (Å²) in [5.74, 6) is -0.0994. The fourth-order valence-electron chi connectivity index (χ4n) is 2.42. The second-order valence-electron chi connectivity index (χ2n) is 5.15. The number of nitrogens with one attached hydrogen (secondary N) is 3. The SMILES string of the molecule is CC[NH+](CC)CCNS(=O)(=O)c1ccc2c(c1)CC(=O)N2. The Kier molecular flexibility index (Phi) is 4.97. The third-order valence-corrected chi connectivity index (χ3v) is 5.24. The summed E-state index contributed by atoms with van der Waals surface area (Å²) in [6.45, 7) is 7.29. The Bertz CT molecular complexity index is 624. The summed E-state index contributed by atoms with van der Waals surface area (Å²) in [7, 11) is -3.51. The van der Waals surface area contributed by atoms with Gasteiger partial charge in [0.2, 0.25) is 15.9 Å². The lowest BCUT2D eigenvalue weighted by Gasteiger charge is -2.15. The van der Waals surface area contributed by atoms with E-state index in [2.05, 4.69) is 23.9 Å². The molecule has 0 aliphatic carbocycles. The normalized spacial score (nSPS) is 14.3. The molecule has 7 heteroatoms. The molecular formula is C14H22N3O3S+. The second-order valence-corrected chi connectivity index (χ2v) is 6.92. The lowest BCUT2D eigenvalue weighted by molar-refractivity contribution is -0.895. The summed E-state index contributed by atoms with van der Waals surface area (Å²) in [5.41, 5.74) is 1.43. The van der Waals surface area contributed by atoms with Gasteiger partial charge in [-0.2, -0.15) is 0 Å². The molecule has 6 nitrogen and oxygen atoms in total. The number of carbonyl (C=O) groups excluding carboxylic acids is 1. The molecule has 0 spiro atoms. The van der Waals surface area contributed by atoms with Crippen LogP contribution in [0.2, 0.25) is 0 Å². The van der Waals surface area contributed by atoms with Gasteiger partial charge in [0, 0.05) is 5.69 Å². The zero-order valence-electron chi connectivity index (χ0n) is 12.4. The van der Waals surface area contributed by atoms with Gasteiger partial charge in [-0.25, -0.2) is 13.1 Å². The van der Waals surface area contributed by atoms with Gasteiger partial charge in [0.25, 0.3) is 0 Å². The smallest absolute Gasteiger partial charge is 0.240 e. The predicted molar refractivity (Wildman–Crippen MR) is 80.9 cm³/mol. The van der Waals surface area contributed by atoms with Gasteiger partial charge in [0.1, 0.15) is 0 Å². The molecule has 0 unspecified atom stereocenters. The first-order valence-corrected chi connectivity index (χ1v) is 8.70. The first kappa shape index (κ1) is 15.9. The topological polar surface area (TPSA) is 79.7 Å². The van der Waals surface area contributed by atoms with Crippen molar-refractivity contribution in [1.29, 1.82) is 0 Å². The molecule has 21 heavy (non-hydrogen) atoms. The molecular weight excluding hydrogens is 290 g/mol. The van der Waals surface area contributed by atoms with Crippen molar-refractivity contribution in [2.75, 3.05) is 31.5 Å². The minimum absolute atomic E-state index is 0.0994. The zero-order valence-corrected chi connectivity index (χ0v) is 13.2. The third-order valence-electron chi connectivity index (χ3n) is 3.78. The number of anilines is 1. The average molecular weight is 312 g/mol. The number of amides is 1. The van der Waals surface area contributed by atoms with Crippen LogP contribution < -0.4 is 14.9 Å². The van der Waals surface area contributed by atoms with Crippen LogP contribution in [-0.2, 0) is 21.2 Å². The van der Waals surface area contributed by atoms with Crippen LogP contribution in [0.3, 0.4) is 0 Å². The van der Waals surface area contributed by atoms with E-state index in [1.54, 1.807) is 12.1 Å². The molecule has 1 heterocycles. The van der Waals surface area contributed by atoms with Gasteiger partial charge in [-0.05, 0) is 37.6 Å². The Balaban J connectivity index is 2.03. The molecule has 0 fully saturated rings. The number of quaternary nitrogens is 1. The van der Waals surface area contributed by atoms with Crippen molar-refractivity contribution < 1.29 is 18.1 Å². The van der Waals surface area contributed by atoms with Crippen molar-refractivity contribution in [3.8, 4) is 0 Å². The van der Waals surface area contributed by atoms with Gasteiger partial charge in [-0.1, -0.05) is 0 Å². The maximum atomic E-state index is 12.2. The van der Waals surface area contributed by atoms with Crippen molar-refractivity contribution in [2.24, 2.45) is 0 Å². The predicted octanol–water partition coefficient (Wildman–Crippen LogP) is -0.616. The number of sulfonamides is 1. The molecule has 116 valence electrons. The van der Waals surface area contributed by atoms with Crippen LogP contribution >= 0.6 is 0 Å². The van der Waals surface area contributed by atoms with Gasteiger partial charge >= 0.3 is 0 Å². The molecule has 1 amide bonds. The van der Waals surface area contributed by atoms with E-state index in [1.165, 1.54) is 11.0 Å². The Labute approximate surface area is 125 Å². The molecule has 0 radical (unpaired) electrons. The highest BCUT2D eigenvalue weighted by Gasteiger charge is 2.21. The van der Waals surface area contributed by atoms with E-state index in [1.807, 2.05) is 0 Å². The van der Waals surface area contributed by atoms with Crippen molar-refractivity contribution in [3.05, 3.63) is 23.8 Å². The lowest BCUT2D eigenvalue weighted by atomic mass is 10.2. The number of rotatable bonds is 7. The average Bonchev–Trinajstić information content (AvgIpc) is 2.82. The Morgan fingerprint density at radius 3 is 2.67 bits per heavy atom. The monoisotopic (exact) mass is 312 g/mol. The van der Waals surface area contributed by atoms with E-state index in [-0.39, 0.29) is 17.2 Å². The van der Waals surface area contributed by atoms with E-state index in [0.29, 0.717) is 12.2 Å². The molecule has 0 saturated carbocycles. The van der Waals surface area contributed by atoms with Crippen LogP contribution in [0.5, 0.6) is 0 Å². The molecule has 1 aliphatic rings. The minimum Gasteiger partial charge on any atom is -0.334 e. The molecule has 0 saturated heterocycles. The molecule has 0 bridgehead atoms. The van der Waals surface area contributed by atoms with Gasteiger partial charge in [0.15, 0.2) is 0 Å². The maximum Gasteiger partial charge on any atom is 0.240 e. The van der Waals surface area contributed by atoms with E-state index in [0.717, 1.165) is 25.2 Å². The van der Waals surface area contributed by atoms with Crippen LogP contribution in [0.15, 0.2) is 23.1 Å². The minimum atomic E-state index is -3.51. The van der Waals surface area contributed by atoms with Gasteiger partial charge < -0.3 is 10.2 Å². The summed E-state index contributed by atoms with van der Waals surface area (Å²) < 4.78 is 27.1. The van der Waals surface area contributed by atoms with Gasteiger partial charge in [0.05, 0.1) is 37.5 Å². The van der Waals surface area contributed by atoms with Crippen molar-refractivity contribution >= 4 is 21.6 Å². The summed E-state index contributed by atoms with van der Waals surface area (Å²) in [6.07, 6.45) is 0.238. The van der Waals surface area contributed by atoms with E-state index in [4.69, 9.17) is 0 Å². The molecule has 2 rings (SSSR count). The summed E-state index contributed by atoms with van der Waals surface area (Å²) >= 11 is 0. The molecule has 1 aromatic carbocycles. The fraction of sp³-hybridized carbons (Fsp3) is 0.500. The largest absolute Gasteiger partial charge is 0.334 e. The lowest BCUT2D eigenvalue weighted by Crippen LogP contribution is -3.12. The quantitative estimate of drug-likeness (QED) is 0.628. The van der Waals surface area contributed by atoms with Crippen molar-refractivity contribution in [2.45, 2.75) is 25.2 Å². The standard InChI is InChI=1S/C14H21N3O3S/c1-3-17(4-2)8-7-15-21(19,20)12-5-6-13-11(9-12)10-14(18)16-13/h5-6,9,15H,3-4,7-8,10H2,1-2H3,(H,16,18)/p+1. The van der Waals surface area contributed by atoms with Crippen LogP contribution in [0.1, 0.15) is 19.4 Å². The van der Waals surface area contributed by atoms with Crippen molar-refractivity contribution in [1.82, 2.24) is 4.72 Å². The van der Waals surface area contributed by atoms with Gasteiger partial charge in [-0.3, -0.25) is 4.79 Å². The number of hydrogen-bond donors (Lipinski definition) is 3. The van der Waals surface area contributed by atoms with E-state index < -0.39 is 10.0 Å². The molecule has 1 aliphatic heterocycles. The zero-order chi connectivity index (χ0) is 15.5. The van der Waals surface area contributed by atoms with E-state index >= 15 is 0 Å². The summed E-state index contributed by atoms with van der Waals surface area (Å²) in [4.78, 5) is 12.9. The highest BCUT2D eigenvalue weighted by Crippen LogP contribution is 2.25. The molecule has 0 atom stereocenters. The number of hydrogen-bond acceptors (Lipinski definition) is 3. The summed E-state index contributed by atoms with van der Waals surface area (Å²) in [5, 5.41) is 2.69. The van der Waals surface area contributed by atoms with Crippen LogP contribution in [0.4, 0.5) is 5.69 Å². The van der Waals surface area contributed by atoms with E-state index in [9.17, 15) is 13.2 Å².